The number of benzene rings is 1. The molecular weight excluding hydrogens is 309 g/mol. The van der Waals surface area contributed by atoms with E-state index in [1.54, 1.807) is 0 Å². The Hall–Kier alpha value is -0.650. The van der Waals surface area contributed by atoms with E-state index in [2.05, 4.69) is 39.8 Å². The van der Waals surface area contributed by atoms with E-state index in [1.165, 1.54) is 6.42 Å². The standard InChI is InChI=1S/C14H21BrFN3/c1-18(2)11-4-3-7-19(9-11)12-6-5-10(8-17)13(15)14(12)16/h5-6,11H,3-4,7-9,17H2,1-2H3. The Morgan fingerprint density at radius 1 is 1.47 bits per heavy atom. The fourth-order valence-electron chi connectivity index (χ4n) is 2.58. The number of rotatable bonds is 3. The highest BCUT2D eigenvalue weighted by molar-refractivity contribution is 9.10. The summed E-state index contributed by atoms with van der Waals surface area (Å²) in [4.78, 5) is 4.35. The maximum atomic E-state index is 14.4. The number of piperidine rings is 1. The third-order valence-electron chi connectivity index (χ3n) is 3.83. The Morgan fingerprint density at radius 3 is 2.84 bits per heavy atom. The third-order valence-corrected chi connectivity index (χ3v) is 4.69. The summed E-state index contributed by atoms with van der Waals surface area (Å²) < 4.78 is 14.9. The summed E-state index contributed by atoms with van der Waals surface area (Å²) >= 11 is 3.31. The predicted molar refractivity (Wildman–Crippen MR) is 80.9 cm³/mol. The monoisotopic (exact) mass is 329 g/mol. The van der Waals surface area contributed by atoms with E-state index in [1.807, 2.05) is 12.1 Å². The molecule has 0 bridgehead atoms. The maximum Gasteiger partial charge on any atom is 0.160 e. The van der Waals surface area contributed by atoms with Crippen LogP contribution in [0.3, 0.4) is 0 Å². The van der Waals surface area contributed by atoms with Crippen molar-refractivity contribution >= 4 is 21.6 Å². The van der Waals surface area contributed by atoms with Crippen LogP contribution in [0, 0.1) is 5.82 Å². The summed E-state index contributed by atoms with van der Waals surface area (Å²) in [5, 5.41) is 0. The highest BCUT2D eigenvalue weighted by Crippen LogP contribution is 2.31. The van der Waals surface area contributed by atoms with Crippen molar-refractivity contribution in [1.82, 2.24) is 4.90 Å². The zero-order valence-corrected chi connectivity index (χ0v) is 13.1. The molecule has 2 N–H and O–H groups in total. The normalized spacial score (nSPS) is 20.1. The van der Waals surface area contributed by atoms with Crippen LogP contribution in [0.4, 0.5) is 10.1 Å². The van der Waals surface area contributed by atoms with Gasteiger partial charge in [0.05, 0.1) is 10.2 Å². The molecule has 0 radical (unpaired) electrons. The molecule has 0 aromatic heterocycles. The van der Waals surface area contributed by atoms with Gasteiger partial charge in [0, 0.05) is 25.7 Å². The van der Waals surface area contributed by atoms with Gasteiger partial charge in [0.1, 0.15) is 0 Å². The van der Waals surface area contributed by atoms with Crippen molar-refractivity contribution < 1.29 is 4.39 Å². The molecule has 1 aromatic rings. The van der Waals surface area contributed by atoms with Crippen LogP contribution in [0.15, 0.2) is 16.6 Å². The van der Waals surface area contributed by atoms with Gasteiger partial charge >= 0.3 is 0 Å². The van der Waals surface area contributed by atoms with Crippen LogP contribution in [0.1, 0.15) is 18.4 Å². The first-order valence-corrected chi connectivity index (χ1v) is 7.42. The minimum absolute atomic E-state index is 0.192. The number of likely N-dealkylation sites (N-methyl/N-ethyl adjacent to an activating group) is 1. The lowest BCUT2D eigenvalue weighted by Gasteiger charge is -2.37. The SMILES string of the molecule is CN(C)C1CCCN(c2ccc(CN)c(Br)c2F)C1. The Bertz CT molecular complexity index is 451. The molecule has 1 aromatic carbocycles. The Labute approximate surface area is 122 Å². The molecule has 0 spiro atoms. The van der Waals surface area contributed by atoms with Crippen LogP contribution in [0.5, 0.6) is 0 Å². The molecule has 106 valence electrons. The molecule has 1 atom stereocenters. The van der Waals surface area contributed by atoms with Crippen molar-refractivity contribution in [2.24, 2.45) is 5.73 Å². The van der Waals surface area contributed by atoms with Gasteiger partial charge < -0.3 is 15.5 Å². The summed E-state index contributed by atoms with van der Waals surface area (Å²) in [6.45, 7) is 2.13. The number of hydrogen-bond donors (Lipinski definition) is 1. The fraction of sp³-hybridized carbons (Fsp3) is 0.571. The number of nitrogens with zero attached hydrogens (tertiary/aromatic N) is 2. The van der Waals surface area contributed by atoms with Crippen molar-refractivity contribution in [3.8, 4) is 0 Å². The number of halogens is 2. The predicted octanol–water partition coefficient (Wildman–Crippen LogP) is 2.58. The molecule has 1 aliphatic heterocycles. The van der Waals surface area contributed by atoms with Crippen molar-refractivity contribution in [1.29, 1.82) is 0 Å². The van der Waals surface area contributed by atoms with Crippen molar-refractivity contribution in [3.05, 3.63) is 28.0 Å². The van der Waals surface area contributed by atoms with Crippen molar-refractivity contribution in [3.63, 3.8) is 0 Å². The zero-order chi connectivity index (χ0) is 14.0. The van der Waals surface area contributed by atoms with Crippen molar-refractivity contribution in [2.45, 2.75) is 25.4 Å². The molecule has 5 heteroatoms. The molecule has 1 unspecified atom stereocenters. The van der Waals surface area contributed by atoms with E-state index in [4.69, 9.17) is 5.73 Å². The molecular formula is C14H21BrFN3. The Morgan fingerprint density at radius 2 is 2.21 bits per heavy atom. The quantitative estimate of drug-likeness (QED) is 0.925. The number of anilines is 1. The van der Waals surface area contributed by atoms with Gasteiger partial charge in [-0.25, -0.2) is 4.39 Å². The van der Waals surface area contributed by atoms with E-state index in [0.717, 1.165) is 25.1 Å². The van der Waals surface area contributed by atoms with Crippen molar-refractivity contribution in [2.75, 3.05) is 32.1 Å². The minimum atomic E-state index is -0.192. The van der Waals surface area contributed by atoms with E-state index in [0.29, 0.717) is 22.7 Å². The number of nitrogens with two attached hydrogens (primary N) is 1. The van der Waals surface area contributed by atoms with Crippen LogP contribution in [0.25, 0.3) is 0 Å². The first-order valence-electron chi connectivity index (χ1n) is 6.63. The average Bonchev–Trinajstić information content (AvgIpc) is 2.42. The molecule has 1 saturated heterocycles. The van der Waals surface area contributed by atoms with Gasteiger partial charge in [0.25, 0.3) is 0 Å². The van der Waals surface area contributed by atoms with E-state index >= 15 is 0 Å². The molecule has 1 aliphatic rings. The van der Waals surface area contributed by atoms with E-state index in [9.17, 15) is 4.39 Å². The Kier molecular flexibility index (Phi) is 4.81. The van der Waals surface area contributed by atoms with Gasteiger partial charge in [-0.2, -0.15) is 0 Å². The molecule has 1 heterocycles. The lowest BCUT2D eigenvalue weighted by atomic mass is 10.0. The average molecular weight is 330 g/mol. The first kappa shape index (κ1) is 14.8. The summed E-state index contributed by atoms with van der Waals surface area (Å²) in [5.41, 5.74) is 7.08. The summed E-state index contributed by atoms with van der Waals surface area (Å²) in [6, 6.07) is 4.24. The lowest BCUT2D eigenvalue weighted by Crippen LogP contribution is -2.45. The summed E-state index contributed by atoms with van der Waals surface area (Å²) in [5.74, 6) is -0.192. The van der Waals surface area contributed by atoms with Gasteiger partial charge in [-0.3, -0.25) is 0 Å². The maximum absolute atomic E-state index is 14.4. The van der Waals surface area contributed by atoms with Crippen LogP contribution in [-0.2, 0) is 6.54 Å². The first-order chi connectivity index (χ1) is 9.04. The third kappa shape index (κ3) is 3.09. The smallest absolute Gasteiger partial charge is 0.160 e. The molecule has 2 rings (SSSR count). The van der Waals surface area contributed by atoms with Crippen LogP contribution < -0.4 is 10.6 Å². The fourth-order valence-corrected chi connectivity index (χ4v) is 3.07. The minimum Gasteiger partial charge on any atom is -0.368 e. The highest BCUT2D eigenvalue weighted by atomic mass is 79.9. The second-order valence-corrected chi connectivity index (χ2v) is 6.07. The molecule has 0 aliphatic carbocycles. The zero-order valence-electron chi connectivity index (χ0n) is 11.5. The lowest BCUT2D eigenvalue weighted by molar-refractivity contribution is 0.257. The molecule has 1 fully saturated rings. The molecule has 0 amide bonds. The van der Waals surface area contributed by atoms with Crippen LogP contribution >= 0.6 is 15.9 Å². The second-order valence-electron chi connectivity index (χ2n) is 5.28. The van der Waals surface area contributed by atoms with Gasteiger partial charge in [-0.1, -0.05) is 6.07 Å². The molecule has 3 nitrogen and oxygen atoms in total. The second kappa shape index (κ2) is 6.20. The topological polar surface area (TPSA) is 32.5 Å². The highest BCUT2D eigenvalue weighted by Gasteiger charge is 2.24. The largest absolute Gasteiger partial charge is 0.368 e. The molecule has 19 heavy (non-hydrogen) atoms. The van der Waals surface area contributed by atoms with E-state index in [-0.39, 0.29) is 5.82 Å². The number of hydrogen-bond acceptors (Lipinski definition) is 3. The van der Waals surface area contributed by atoms with Gasteiger partial charge in [0.2, 0.25) is 0 Å². The molecule has 0 saturated carbocycles. The van der Waals surface area contributed by atoms with Gasteiger partial charge in [-0.05, 0) is 54.5 Å². The van der Waals surface area contributed by atoms with Gasteiger partial charge in [0.15, 0.2) is 5.82 Å². The van der Waals surface area contributed by atoms with Crippen LogP contribution in [0.2, 0.25) is 0 Å². The summed E-state index contributed by atoms with van der Waals surface area (Å²) in [6.07, 6.45) is 2.27. The van der Waals surface area contributed by atoms with Gasteiger partial charge in [-0.15, -0.1) is 0 Å². The Balaban J connectivity index is 2.24. The van der Waals surface area contributed by atoms with E-state index < -0.39 is 0 Å². The summed E-state index contributed by atoms with van der Waals surface area (Å²) in [7, 11) is 4.16. The van der Waals surface area contributed by atoms with Crippen LogP contribution in [-0.4, -0.2) is 38.1 Å².